The fourth-order valence-electron chi connectivity index (χ4n) is 5.10. The Balaban J connectivity index is 1.43. The van der Waals surface area contributed by atoms with E-state index in [2.05, 4.69) is 20.3 Å². The van der Waals surface area contributed by atoms with Crippen LogP contribution in [0.2, 0.25) is 5.02 Å². The van der Waals surface area contributed by atoms with Crippen LogP contribution in [0.1, 0.15) is 73.9 Å². The lowest BCUT2D eigenvalue weighted by Crippen LogP contribution is -2.38. The maximum Gasteiger partial charge on any atom is 0.290 e. The van der Waals surface area contributed by atoms with Crippen LogP contribution in [-0.2, 0) is 11.2 Å². The molecule has 10 heteroatoms. The summed E-state index contributed by atoms with van der Waals surface area (Å²) in [5.74, 6) is -0.249. The second kappa shape index (κ2) is 9.11. The topological polar surface area (TPSA) is 78.1 Å². The van der Waals surface area contributed by atoms with Crippen LogP contribution < -0.4 is 10.5 Å². The van der Waals surface area contributed by atoms with E-state index < -0.39 is 0 Å². The molecule has 0 bridgehead atoms. The minimum absolute atomic E-state index is 0.0831. The van der Waals surface area contributed by atoms with Gasteiger partial charge < -0.3 is 9.64 Å². The van der Waals surface area contributed by atoms with E-state index >= 15 is 0 Å². The second-order valence-electron chi connectivity index (χ2n) is 9.08. The first-order chi connectivity index (χ1) is 16.4. The van der Waals surface area contributed by atoms with Gasteiger partial charge in [0.15, 0.2) is 6.23 Å². The van der Waals surface area contributed by atoms with Crippen molar-refractivity contribution in [3.05, 3.63) is 68.1 Å². The monoisotopic (exact) mass is 486 g/mol. The maximum atomic E-state index is 13.6. The number of ether oxygens (including phenoxy) is 1. The third-order valence-corrected chi connectivity index (χ3v) is 7.34. The standard InChI is InChI=1S/C24H28ClFN6O2/c1-14-12-17(26)7-8-18(14)15(2)31-19-9-10-30(16(3)23(19)28-29-31)20-13-27-32(24(33)22(20)25)21-6-4-5-11-34-21/h7-8,12-13,15-16,21H,4-6,9-11H2,1-3H3/t15?,16-,21?/m0/s1. The highest BCUT2D eigenvalue weighted by Crippen LogP contribution is 2.36. The van der Waals surface area contributed by atoms with Crippen LogP contribution in [0, 0.1) is 12.7 Å². The Labute approximate surface area is 202 Å². The van der Waals surface area contributed by atoms with Crippen molar-refractivity contribution in [2.45, 2.75) is 64.8 Å². The molecule has 2 unspecified atom stereocenters. The van der Waals surface area contributed by atoms with E-state index in [4.69, 9.17) is 16.3 Å². The first-order valence-corrected chi connectivity index (χ1v) is 12.1. The van der Waals surface area contributed by atoms with Gasteiger partial charge in [0.2, 0.25) is 0 Å². The Hall–Kier alpha value is -2.78. The number of hydrogen-bond acceptors (Lipinski definition) is 6. The third-order valence-electron chi connectivity index (χ3n) is 6.99. The van der Waals surface area contributed by atoms with Gasteiger partial charge in [-0.2, -0.15) is 9.78 Å². The van der Waals surface area contributed by atoms with Crippen molar-refractivity contribution < 1.29 is 9.13 Å². The lowest BCUT2D eigenvalue weighted by Gasteiger charge is -2.35. The zero-order chi connectivity index (χ0) is 24.0. The summed E-state index contributed by atoms with van der Waals surface area (Å²) in [5.41, 5.74) is 4.01. The van der Waals surface area contributed by atoms with Gasteiger partial charge in [-0.3, -0.25) is 4.79 Å². The van der Waals surface area contributed by atoms with Crippen LogP contribution in [0.25, 0.3) is 0 Å². The van der Waals surface area contributed by atoms with Gasteiger partial charge in [0.25, 0.3) is 5.56 Å². The van der Waals surface area contributed by atoms with E-state index in [0.717, 1.165) is 41.8 Å². The molecule has 0 aliphatic carbocycles. The zero-order valence-corrected chi connectivity index (χ0v) is 20.3. The largest absolute Gasteiger partial charge is 0.360 e. The minimum Gasteiger partial charge on any atom is -0.360 e. The molecule has 1 fully saturated rings. The molecule has 1 saturated heterocycles. The second-order valence-corrected chi connectivity index (χ2v) is 9.45. The molecule has 0 spiro atoms. The van der Waals surface area contributed by atoms with Crippen molar-refractivity contribution in [3.63, 3.8) is 0 Å². The Bertz CT molecular complexity index is 1270. The molecule has 3 atom stereocenters. The number of rotatable bonds is 4. The van der Waals surface area contributed by atoms with Crippen molar-refractivity contribution in [1.29, 1.82) is 0 Å². The van der Waals surface area contributed by atoms with Gasteiger partial charge in [-0.05, 0) is 63.3 Å². The van der Waals surface area contributed by atoms with Crippen molar-refractivity contribution in [3.8, 4) is 0 Å². The molecular weight excluding hydrogens is 459 g/mol. The Morgan fingerprint density at radius 3 is 2.85 bits per heavy atom. The molecule has 0 radical (unpaired) electrons. The molecule has 180 valence electrons. The van der Waals surface area contributed by atoms with Crippen LogP contribution in [0.15, 0.2) is 29.2 Å². The number of fused-ring (bicyclic) bond motifs is 1. The van der Waals surface area contributed by atoms with Gasteiger partial charge in [-0.25, -0.2) is 9.07 Å². The van der Waals surface area contributed by atoms with Crippen molar-refractivity contribution in [2.24, 2.45) is 0 Å². The van der Waals surface area contributed by atoms with Gasteiger partial charge in [0.1, 0.15) is 16.5 Å². The van der Waals surface area contributed by atoms with E-state index in [-0.39, 0.29) is 34.7 Å². The first kappa shape index (κ1) is 23.0. The highest BCUT2D eigenvalue weighted by atomic mass is 35.5. The van der Waals surface area contributed by atoms with E-state index in [0.29, 0.717) is 25.3 Å². The molecular formula is C24H28ClFN6O2. The molecule has 0 saturated carbocycles. The molecule has 0 N–H and O–H groups in total. The van der Waals surface area contributed by atoms with Crippen molar-refractivity contribution >= 4 is 17.3 Å². The van der Waals surface area contributed by atoms with E-state index in [1.165, 1.54) is 16.8 Å². The van der Waals surface area contributed by atoms with Crippen molar-refractivity contribution in [2.75, 3.05) is 18.1 Å². The van der Waals surface area contributed by atoms with Crippen molar-refractivity contribution in [1.82, 2.24) is 24.8 Å². The normalized spacial score (nSPS) is 21.4. The number of nitrogens with zero attached hydrogens (tertiary/aromatic N) is 6. The lowest BCUT2D eigenvalue weighted by atomic mass is 10.00. The highest BCUT2D eigenvalue weighted by molar-refractivity contribution is 6.33. The molecule has 4 heterocycles. The summed E-state index contributed by atoms with van der Waals surface area (Å²) in [6.07, 6.45) is 4.70. The molecule has 0 amide bonds. The molecule has 2 aliphatic heterocycles. The molecule has 3 aromatic rings. The molecule has 8 nitrogen and oxygen atoms in total. The predicted molar refractivity (Wildman–Crippen MR) is 127 cm³/mol. The number of hydrogen-bond donors (Lipinski definition) is 0. The fourth-order valence-corrected chi connectivity index (χ4v) is 5.34. The summed E-state index contributed by atoms with van der Waals surface area (Å²) in [5, 5.41) is 13.5. The predicted octanol–water partition coefficient (Wildman–Crippen LogP) is 4.37. The van der Waals surface area contributed by atoms with Crippen LogP contribution >= 0.6 is 11.6 Å². The van der Waals surface area contributed by atoms with Gasteiger partial charge >= 0.3 is 0 Å². The average Bonchev–Trinajstić information content (AvgIpc) is 3.27. The Kier molecular flexibility index (Phi) is 6.16. The lowest BCUT2D eigenvalue weighted by molar-refractivity contribution is -0.0424. The average molecular weight is 487 g/mol. The van der Waals surface area contributed by atoms with Crippen LogP contribution in [-0.4, -0.2) is 37.9 Å². The first-order valence-electron chi connectivity index (χ1n) is 11.7. The number of benzene rings is 1. The van der Waals surface area contributed by atoms with Crippen LogP contribution in [0.5, 0.6) is 0 Å². The Morgan fingerprint density at radius 2 is 2.12 bits per heavy atom. The molecule has 1 aromatic carbocycles. The van der Waals surface area contributed by atoms with Gasteiger partial charge in [-0.15, -0.1) is 5.10 Å². The third kappa shape index (κ3) is 3.90. The molecule has 2 aromatic heterocycles. The minimum atomic E-state index is -0.366. The highest BCUT2D eigenvalue weighted by Gasteiger charge is 2.33. The number of aryl methyl sites for hydroxylation is 1. The fraction of sp³-hybridized carbons (Fsp3) is 0.500. The van der Waals surface area contributed by atoms with Gasteiger partial charge in [0.05, 0.1) is 29.7 Å². The SMILES string of the molecule is Cc1cc(F)ccc1C(C)n1nnc2c1CCN(c1cnn(C3CCCCO3)c(=O)c1Cl)[C@H]2C. The summed E-state index contributed by atoms with van der Waals surface area (Å²) in [6, 6.07) is 4.59. The van der Waals surface area contributed by atoms with Crippen LogP contribution in [0.3, 0.4) is 0 Å². The smallest absolute Gasteiger partial charge is 0.290 e. The van der Waals surface area contributed by atoms with Gasteiger partial charge in [-0.1, -0.05) is 22.9 Å². The van der Waals surface area contributed by atoms with Gasteiger partial charge in [0, 0.05) is 19.6 Å². The quantitative estimate of drug-likeness (QED) is 0.545. The van der Waals surface area contributed by atoms with E-state index in [1.54, 1.807) is 12.3 Å². The summed E-state index contributed by atoms with van der Waals surface area (Å²) in [4.78, 5) is 15.0. The summed E-state index contributed by atoms with van der Waals surface area (Å²) < 4.78 is 22.6. The number of halogens is 2. The molecule has 34 heavy (non-hydrogen) atoms. The van der Waals surface area contributed by atoms with Crippen LogP contribution in [0.4, 0.5) is 10.1 Å². The summed E-state index contributed by atoms with van der Waals surface area (Å²) in [6.45, 7) is 7.23. The zero-order valence-electron chi connectivity index (χ0n) is 19.5. The number of anilines is 1. The molecule has 5 rings (SSSR count). The summed E-state index contributed by atoms with van der Waals surface area (Å²) >= 11 is 6.57. The van der Waals surface area contributed by atoms with E-state index in [1.807, 2.05) is 25.5 Å². The molecule has 2 aliphatic rings. The Morgan fingerprint density at radius 1 is 1.29 bits per heavy atom. The summed E-state index contributed by atoms with van der Waals surface area (Å²) in [7, 11) is 0. The maximum absolute atomic E-state index is 13.6. The van der Waals surface area contributed by atoms with E-state index in [9.17, 15) is 9.18 Å². The number of aromatic nitrogens is 5.